The summed E-state index contributed by atoms with van der Waals surface area (Å²) >= 11 is 0. The fourth-order valence-electron chi connectivity index (χ4n) is 3.61. The largest absolute Gasteiger partial charge is 0.346 e. The number of nitrogens with zero attached hydrogens (tertiary/aromatic N) is 4. The number of urea groups is 1. The summed E-state index contributed by atoms with van der Waals surface area (Å²) in [6, 6.07) is 2.74. The van der Waals surface area contributed by atoms with Crippen LogP contribution in [-0.4, -0.2) is 50.6 Å². The van der Waals surface area contributed by atoms with Gasteiger partial charge in [0.2, 0.25) is 0 Å². The van der Waals surface area contributed by atoms with Gasteiger partial charge < -0.3 is 19.8 Å². The van der Waals surface area contributed by atoms with E-state index in [1.54, 1.807) is 19.0 Å². The molecule has 2 amide bonds. The highest BCUT2D eigenvalue weighted by atomic mass is 16.2. The van der Waals surface area contributed by atoms with Crippen molar-refractivity contribution in [2.45, 2.75) is 37.8 Å². The zero-order chi connectivity index (χ0) is 16.7. The van der Waals surface area contributed by atoms with E-state index in [1.807, 2.05) is 18.7 Å². The molecule has 3 heterocycles. The minimum atomic E-state index is -0.00774. The fourth-order valence-corrected chi connectivity index (χ4v) is 3.61. The van der Waals surface area contributed by atoms with E-state index < -0.39 is 0 Å². The van der Waals surface area contributed by atoms with Crippen molar-refractivity contribution >= 4 is 28.1 Å². The van der Waals surface area contributed by atoms with Crippen molar-refractivity contribution in [3.63, 3.8) is 0 Å². The molecule has 4 rings (SSSR count). The predicted octanol–water partition coefficient (Wildman–Crippen LogP) is 2.67. The summed E-state index contributed by atoms with van der Waals surface area (Å²) in [5.74, 6) is 0. The van der Waals surface area contributed by atoms with Crippen LogP contribution >= 0.6 is 0 Å². The molecule has 24 heavy (non-hydrogen) atoms. The van der Waals surface area contributed by atoms with E-state index in [1.165, 1.54) is 0 Å². The van der Waals surface area contributed by atoms with Crippen LogP contribution in [0.25, 0.3) is 22.1 Å². The number of hydrogen-bond acceptors (Lipinski definition) is 3. The smallest absolute Gasteiger partial charge is 0.317 e. The maximum atomic E-state index is 11.8. The highest BCUT2D eigenvalue weighted by Crippen LogP contribution is 2.33. The third kappa shape index (κ3) is 2.50. The minimum absolute atomic E-state index is 0.00774. The molecule has 0 saturated heterocycles. The Balaban J connectivity index is 1.55. The second-order valence-electron chi connectivity index (χ2n) is 6.73. The Hall–Kier alpha value is -2.57. The molecule has 0 aromatic carbocycles. The lowest BCUT2D eigenvalue weighted by Crippen LogP contribution is -2.43. The molecule has 1 saturated carbocycles. The highest BCUT2D eigenvalue weighted by Gasteiger charge is 2.25. The first-order valence-corrected chi connectivity index (χ1v) is 8.40. The summed E-state index contributed by atoms with van der Waals surface area (Å²) in [7, 11) is 3.55. The Bertz CT molecular complexity index is 872. The van der Waals surface area contributed by atoms with Crippen molar-refractivity contribution in [2.75, 3.05) is 14.1 Å². The second-order valence-corrected chi connectivity index (χ2v) is 6.73. The number of nitrogens with one attached hydrogen (secondary N) is 2. The van der Waals surface area contributed by atoms with Gasteiger partial charge in [0.05, 0.1) is 18.0 Å². The van der Waals surface area contributed by atoms with Gasteiger partial charge >= 0.3 is 6.03 Å². The third-order valence-corrected chi connectivity index (χ3v) is 4.94. The number of pyridine rings is 1. The molecule has 0 bridgehead atoms. The van der Waals surface area contributed by atoms with Crippen LogP contribution in [0.5, 0.6) is 0 Å². The lowest BCUT2D eigenvalue weighted by Gasteiger charge is -2.31. The number of amides is 2. The Morgan fingerprint density at radius 3 is 2.83 bits per heavy atom. The molecule has 0 spiro atoms. The molecule has 1 aliphatic carbocycles. The molecular weight excluding hydrogens is 304 g/mol. The van der Waals surface area contributed by atoms with Crippen LogP contribution in [-0.2, 0) is 0 Å². The summed E-state index contributed by atoms with van der Waals surface area (Å²) < 4.78 is 2.29. The zero-order valence-electron chi connectivity index (χ0n) is 14.0. The Morgan fingerprint density at radius 1 is 1.29 bits per heavy atom. The molecule has 0 atom stereocenters. The molecular formula is C17H22N6O. The molecule has 0 radical (unpaired) electrons. The van der Waals surface area contributed by atoms with Crippen LogP contribution in [0.15, 0.2) is 24.8 Å². The van der Waals surface area contributed by atoms with Crippen molar-refractivity contribution < 1.29 is 4.79 Å². The molecule has 7 heteroatoms. The van der Waals surface area contributed by atoms with E-state index in [9.17, 15) is 4.79 Å². The molecule has 0 unspecified atom stereocenters. The number of H-pyrrole nitrogens is 1. The number of imidazole rings is 1. The first-order chi connectivity index (χ1) is 11.6. The predicted molar refractivity (Wildman–Crippen MR) is 92.9 cm³/mol. The molecule has 7 nitrogen and oxygen atoms in total. The van der Waals surface area contributed by atoms with E-state index >= 15 is 0 Å². The van der Waals surface area contributed by atoms with Gasteiger partial charge in [0.15, 0.2) is 0 Å². The van der Waals surface area contributed by atoms with Gasteiger partial charge in [-0.15, -0.1) is 0 Å². The number of aromatic amines is 1. The average molecular weight is 326 g/mol. The zero-order valence-corrected chi connectivity index (χ0v) is 14.0. The van der Waals surface area contributed by atoms with Gasteiger partial charge in [-0.1, -0.05) is 0 Å². The van der Waals surface area contributed by atoms with Crippen LogP contribution in [0.3, 0.4) is 0 Å². The van der Waals surface area contributed by atoms with Crippen LogP contribution in [0.4, 0.5) is 4.79 Å². The van der Waals surface area contributed by atoms with Gasteiger partial charge in [0.25, 0.3) is 0 Å². The number of carbonyl (C=O) groups is 1. The van der Waals surface area contributed by atoms with Crippen LogP contribution in [0.2, 0.25) is 0 Å². The van der Waals surface area contributed by atoms with Crippen LogP contribution in [0.1, 0.15) is 31.7 Å². The van der Waals surface area contributed by atoms with E-state index in [2.05, 4.69) is 30.9 Å². The normalized spacial score (nSPS) is 21.2. The molecule has 1 fully saturated rings. The molecule has 3 aromatic rings. The SMILES string of the molecule is CN(C)C(=O)N[C@H]1CC[C@H](n2cnc3cnc4[nH]ccc4c32)CC1. The van der Waals surface area contributed by atoms with E-state index in [-0.39, 0.29) is 12.1 Å². The minimum Gasteiger partial charge on any atom is -0.346 e. The summed E-state index contributed by atoms with van der Waals surface area (Å²) in [4.78, 5) is 25.5. The maximum Gasteiger partial charge on any atom is 0.317 e. The van der Waals surface area contributed by atoms with Crippen LogP contribution in [0, 0.1) is 0 Å². The molecule has 0 aliphatic heterocycles. The summed E-state index contributed by atoms with van der Waals surface area (Å²) in [5, 5.41) is 4.21. The number of aromatic nitrogens is 4. The van der Waals surface area contributed by atoms with Gasteiger partial charge in [0, 0.05) is 37.8 Å². The summed E-state index contributed by atoms with van der Waals surface area (Å²) in [6.07, 6.45) is 9.74. The molecule has 1 aliphatic rings. The van der Waals surface area contributed by atoms with E-state index in [0.717, 1.165) is 47.8 Å². The summed E-state index contributed by atoms with van der Waals surface area (Å²) in [6.45, 7) is 0. The monoisotopic (exact) mass is 326 g/mol. The lowest BCUT2D eigenvalue weighted by molar-refractivity contribution is 0.205. The van der Waals surface area contributed by atoms with Crippen molar-refractivity contribution in [1.29, 1.82) is 0 Å². The maximum absolute atomic E-state index is 11.8. The lowest BCUT2D eigenvalue weighted by atomic mass is 9.91. The van der Waals surface area contributed by atoms with E-state index in [0.29, 0.717) is 6.04 Å². The van der Waals surface area contributed by atoms with Gasteiger partial charge in [-0.2, -0.15) is 0 Å². The molecule has 126 valence electrons. The quantitative estimate of drug-likeness (QED) is 0.760. The number of carbonyl (C=O) groups excluding carboxylic acids is 1. The highest BCUT2D eigenvalue weighted by molar-refractivity contribution is 6.00. The van der Waals surface area contributed by atoms with Crippen LogP contribution < -0.4 is 5.32 Å². The fraction of sp³-hybridized carbons (Fsp3) is 0.471. The molecule has 3 aromatic heterocycles. The van der Waals surface area contributed by atoms with Crippen molar-refractivity contribution in [1.82, 2.24) is 29.7 Å². The van der Waals surface area contributed by atoms with Gasteiger partial charge in [-0.05, 0) is 31.7 Å². The molecule has 2 N–H and O–H groups in total. The van der Waals surface area contributed by atoms with Crippen molar-refractivity contribution in [3.05, 3.63) is 24.8 Å². The Kier molecular flexibility index (Phi) is 3.63. The van der Waals surface area contributed by atoms with Gasteiger partial charge in [-0.3, -0.25) is 0 Å². The van der Waals surface area contributed by atoms with E-state index in [4.69, 9.17) is 0 Å². The first-order valence-electron chi connectivity index (χ1n) is 8.40. The average Bonchev–Trinajstić information content (AvgIpc) is 3.21. The Labute approximate surface area is 140 Å². The topological polar surface area (TPSA) is 78.8 Å². The third-order valence-electron chi connectivity index (χ3n) is 4.94. The first kappa shape index (κ1) is 15.0. The number of rotatable bonds is 2. The number of fused-ring (bicyclic) bond motifs is 3. The standard InChI is InChI=1S/C17H22N6O/c1-22(2)17(24)21-11-3-5-12(6-4-11)23-10-20-14-9-19-16-13(15(14)23)7-8-18-16/h7-12H,3-6H2,1-2H3,(H,18,19)(H,21,24)/t11-,12-. The second kappa shape index (κ2) is 5.81. The van der Waals surface area contributed by atoms with Gasteiger partial charge in [0.1, 0.15) is 11.2 Å². The Morgan fingerprint density at radius 2 is 2.08 bits per heavy atom. The number of hydrogen-bond donors (Lipinski definition) is 2. The van der Waals surface area contributed by atoms with Crippen molar-refractivity contribution in [2.24, 2.45) is 0 Å². The van der Waals surface area contributed by atoms with Crippen molar-refractivity contribution in [3.8, 4) is 0 Å². The van der Waals surface area contributed by atoms with Gasteiger partial charge in [-0.25, -0.2) is 14.8 Å². The summed E-state index contributed by atoms with van der Waals surface area (Å²) in [5.41, 5.74) is 2.99.